The van der Waals surface area contributed by atoms with Gasteiger partial charge in [0.25, 0.3) is 5.91 Å². The Morgan fingerprint density at radius 1 is 1.23 bits per heavy atom. The van der Waals surface area contributed by atoms with Crippen molar-refractivity contribution in [2.45, 2.75) is 44.7 Å². The highest BCUT2D eigenvalue weighted by Gasteiger charge is 2.36. The monoisotopic (exact) mass is 363 g/mol. The summed E-state index contributed by atoms with van der Waals surface area (Å²) < 4.78 is 5.29. The molecule has 1 aromatic carbocycles. The van der Waals surface area contributed by atoms with Crippen LogP contribution in [0.1, 0.15) is 43.5 Å². The number of rotatable bonds is 6. The molecule has 0 unspecified atom stereocenters. The van der Waals surface area contributed by atoms with E-state index in [1.807, 2.05) is 13.8 Å². The quantitative estimate of drug-likeness (QED) is 0.616. The lowest BCUT2D eigenvalue weighted by Gasteiger charge is -2.36. The van der Waals surface area contributed by atoms with Crippen molar-refractivity contribution in [1.29, 1.82) is 0 Å². The number of urea groups is 1. The summed E-state index contributed by atoms with van der Waals surface area (Å²) in [6.07, 6.45) is 0.733. The lowest BCUT2D eigenvalue weighted by Crippen LogP contribution is -2.53. The molecule has 0 atom stereocenters. The third-order valence-corrected chi connectivity index (χ3v) is 4.12. The number of carboxylic acids is 1. The summed E-state index contributed by atoms with van der Waals surface area (Å²) in [5.41, 5.74) is 0.0123. The first-order valence-electron chi connectivity index (χ1n) is 8.59. The number of nitrogens with one attached hydrogen (secondary N) is 3. The van der Waals surface area contributed by atoms with E-state index in [2.05, 4.69) is 16.0 Å². The number of amides is 3. The van der Waals surface area contributed by atoms with E-state index in [0.717, 1.165) is 0 Å². The van der Waals surface area contributed by atoms with E-state index in [1.54, 1.807) is 24.3 Å². The maximum absolute atomic E-state index is 12.6. The molecule has 0 aliphatic carbocycles. The van der Waals surface area contributed by atoms with Crippen LogP contribution in [0.25, 0.3) is 0 Å². The number of hydrogen-bond acceptors (Lipinski definition) is 4. The predicted molar refractivity (Wildman–Crippen MR) is 96.2 cm³/mol. The summed E-state index contributed by atoms with van der Waals surface area (Å²) in [7, 11) is 0. The highest BCUT2D eigenvalue weighted by molar-refractivity contribution is 5.97. The SMILES string of the molecule is CC(C)NC(=O)Nc1cccc(C(=O)NC2(CC(=O)O)CCOCC2)c1. The van der Waals surface area contributed by atoms with Crippen molar-refractivity contribution in [2.75, 3.05) is 18.5 Å². The van der Waals surface area contributed by atoms with Crippen molar-refractivity contribution in [1.82, 2.24) is 10.6 Å². The maximum Gasteiger partial charge on any atom is 0.319 e. The highest BCUT2D eigenvalue weighted by Crippen LogP contribution is 2.25. The topological polar surface area (TPSA) is 117 Å². The minimum Gasteiger partial charge on any atom is -0.481 e. The molecule has 0 bridgehead atoms. The summed E-state index contributed by atoms with van der Waals surface area (Å²) in [6.45, 7) is 4.51. The van der Waals surface area contributed by atoms with Crippen LogP contribution >= 0.6 is 0 Å². The van der Waals surface area contributed by atoms with Gasteiger partial charge in [-0.2, -0.15) is 0 Å². The number of carbonyl (C=O) groups is 3. The molecule has 1 fully saturated rings. The molecule has 1 aromatic rings. The summed E-state index contributed by atoms with van der Waals surface area (Å²) in [6, 6.07) is 6.15. The number of hydrogen-bond donors (Lipinski definition) is 4. The van der Waals surface area contributed by atoms with Gasteiger partial charge in [-0.1, -0.05) is 6.07 Å². The first-order valence-corrected chi connectivity index (χ1v) is 8.59. The molecule has 8 heteroatoms. The van der Waals surface area contributed by atoms with E-state index in [9.17, 15) is 19.5 Å². The van der Waals surface area contributed by atoms with Gasteiger partial charge in [0.2, 0.25) is 0 Å². The fourth-order valence-electron chi connectivity index (χ4n) is 2.88. The van der Waals surface area contributed by atoms with Gasteiger partial charge < -0.3 is 25.8 Å². The summed E-state index contributed by atoms with van der Waals surface area (Å²) in [5, 5.41) is 17.4. The molecule has 1 aliphatic rings. The van der Waals surface area contributed by atoms with E-state index < -0.39 is 11.5 Å². The Bertz CT molecular complexity index is 669. The molecule has 0 spiro atoms. The number of anilines is 1. The fraction of sp³-hybridized carbons (Fsp3) is 0.500. The van der Waals surface area contributed by atoms with Gasteiger partial charge in [-0.05, 0) is 44.9 Å². The van der Waals surface area contributed by atoms with Crippen molar-refractivity contribution in [3.8, 4) is 0 Å². The second-order valence-corrected chi connectivity index (χ2v) is 6.75. The number of carboxylic acid groups (broad SMARTS) is 1. The summed E-state index contributed by atoms with van der Waals surface area (Å²) in [5.74, 6) is -1.34. The Labute approximate surface area is 152 Å². The van der Waals surface area contributed by atoms with E-state index in [1.165, 1.54) is 0 Å². The van der Waals surface area contributed by atoms with Crippen LogP contribution in [0.5, 0.6) is 0 Å². The number of benzene rings is 1. The normalized spacial score (nSPS) is 16.0. The molecule has 1 aliphatic heterocycles. The first-order chi connectivity index (χ1) is 12.3. The molecule has 0 radical (unpaired) electrons. The second-order valence-electron chi connectivity index (χ2n) is 6.75. The van der Waals surface area contributed by atoms with Gasteiger partial charge in [-0.3, -0.25) is 9.59 Å². The predicted octanol–water partition coefficient (Wildman–Crippen LogP) is 1.97. The third-order valence-electron chi connectivity index (χ3n) is 4.12. The van der Waals surface area contributed by atoms with Gasteiger partial charge in [0.1, 0.15) is 0 Å². The Morgan fingerprint density at radius 2 is 1.92 bits per heavy atom. The maximum atomic E-state index is 12.6. The third kappa shape index (κ3) is 5.73. The lowest BCUT2D eigenvalue weighted by molar-refractivity contribution is -0.139. The van der Waals surface area contributed by atoms with Crippen molar-refractivity contribution < 1.29 is 24.2 Å². The molecule has 3 amide bonds. The molecule has 0 saturated carbocycles. The molecule has 8 nitrogen and oxygen atoms in total. The standard InChI is InChI=1S/C18H25N3O5/c1-12(2)19-17(25)20-14-5-3-4-13(10-14)16(24)21-18(11-15(22)23)6-8-26-9-7-18/h3-5,10,12H,6-9,11H2,1-2H3,(H,21,24)(H,22,23)(H2,19,20,25). The van der Waals surface area contributed by atoms with Crippen LogP contribution in [0.4, 0.5) is 10.5 Å². The average Bonchev–Trinajstić information content (AvgIpc) is 2.54. The van der Waals surface area contributed by atoms with Crippen molar-refractivity contribution in [2.24, 2.45) is 0 Å². The average molecular weight is 363 g/mol. The van der Waals surface area contributed by atoms with Gasteiger partial charge in [0, 0.05) is 30.5 Å². The van der Waals surface area contributed by atoms with Crippen LogP contribution < -0.4 is 16.0 Å². The molecule has 2 rings (SSSR count). The molecule has 26 heavy (non-hydrogen) atoms. The minimum absolute atomic E-state index is 0.00845. The Hall–Kier alpha value is -2.61. The van der Waals surface area contributed by atoms with Crippen LogP contribution in [0.15, 0.2) is 24.3 Å². The largest absolute Gasteiger partial charge is 0.481 e. The second kappa shape index (κ2) is 8.66. The van der Waals surface area contributed by atoms with E-state index >= 15 is 0 Å². The van der Waals surface area contributed by atoms with Crippen LogP contribution in [-0.2, 0) is 9.53 Å². The van der Waals surface area contributed by atoms with Crippen LogP contribution in [0, 0.1) is 0 Å². The van der Waals surface area contributed by atoms with Crippen LogP contribution in [-0.4, -0.2) is 47.8 Å². The van der Waals surface area contributed by atoms with Crippen molar-refractivity contribution >= 4 is 23.6 Å². The smallest absolute Gasteiger partial charge is 0.319 e. The summed E-state index contributed by atoms with van der Waals surface area (Å²) >= 11 is 0. The molecular formula is C18H25N3O5. The Morgan fingerprint density at radius 3 is 2.54 bits per heavy atom. The van der Waals surface area contributed by atoms with E-state index in [-0.39, 0.29) is 24.4 Å². The fourth-order valence-corrected chi connectivity index (χ4v) is 2.88. The van der Waals surface area contributed by atoms with Gasteiger partial charge in [-0.15, -0.1) is 0 Å². The number of aliphatic carboxylic acids is 1. The minimum atomic E-state index is -0.965. The zero-order valence-electron chi connectivity index (χ0n) is 15.0. The summed E-state index contributed by atoms with van der Waals surface area (Å²) in [4.78, 5) is 35.6. The number of ether oxygens (including phenoxy) is 1. The van der Waals surface area contributed by atoms with Crippen molar-refractivity contribution in [3.05, 3.63) is 29.8 Å². The first kappa shape index (κ1) is 19.7. The zero-order valence-corrected chi connectivity index (χ0v) is 15.0. The van der Waals surface area contributed by atoms with Crippen molar-refractivity contribution in [3.63, 3.8) is 0 Å². The lowest BCUT2D eigenvalue weighted by atomic mass is 9.86. The molecular weight excluding hydrogens is 338 g/mol. The highest BCUT2D eigenvalue weighted by atomic mass is 16.5. The van der Waals surface area contributed by atoms with Crippen LogP contribution in [0.2, 0.25) is 0 Å². The Kier molecular flexibility index (Phi) is 6.57. The molecule has 142 valence electrons. The number of carbonyl (C=O) groups excluding carboxylic acids is 2. The zero-order chi connectivity index (χ0) is 19.2. The van der Waals surface area contributed by atoms with Gasteiger partial charge in [0.15, 0.2) is 0 Å². The Balaban J connectivity index is 2.09. The molecule has 0 aromatic heterocycles. The molecule has 1 saturated heterocycles. The molecule has 1 heterocycles. The van der Waals surface area contributed by atoms with E-state index in [4.69, 9.17) is 4.74 Å². The molecule has 4 N–H and O–H groups in total. The van der Waals surface area contributed by atoms with Crippen LogP contribution in [0.3, 0.4) is 0 Å². The van der Waals surface area contributed by atoms with E-state index in [0.29, 0.717) is 37.3 Å². The van der Waals surface area contributed by atoms with Gasteiger partial charge in [0.05, 0.1) is 12.0 Å². The van der Waals surface area contributed by atoms with Gasteiger partial charge in [-0.25, -0.2) is 4.79 Å². The van der Waals surface area contributed by atoms with Gasteiger partial charge >= 0.3 is 12.0 Å².